The normalized spacial score (nSPS) is 22.1. The minimum atomic E-state index is 0.294. The summed E-state index contributed by atoms with van der Waals surface area (Å²) < 4.78 is 0. The molecule has 0 spiro atoms. The van der Waals surface area contributed by atoms with Crippen LogP contribution in [-0.2, 0) is 4.79 Å². The zero-order valence-electron chi connectivity index (χ0n) is 7.40. The molecule has 0 saturated heterocycles. The molecule has 1 aliphatic rings. The van der Waals surface area contributed by atoms with Crippen LogP contribution in [0.3, 0.4) is 0 Å². The lowest BCUT2D eigenvalue weighted by Gasteiger charge is -1.95. The molecule has 0 N–H and O–H groups in total. The molecule has 0 radical (unpaired) electrons. The topological polar surface area (TPSA) is 17.1 Å². The summed E-state index contributed by atoms with van der Waals surface area (Å²) in [5, 5.41) is 0. The molecule has 0 fully saturated rings. The summed E-state index contributed by atoms with van der Waals surface area (Å²) in [6, 6.07) is 0. The molecule has 60 valence electrons. The largest absolute Gasteiger partial charge is 0.294 e. The highest BCUT2D eigenvalue weighted by Crippen LogP contribution is 2.27. The zero-order valence-corrected chi connectivity index (χ0v) is 7.40. The van der Waals surface area contributed by atoms with Crippen LogP contribution in [0.25, 0.3) is 0 Å². The highest BCUT2D eigenvalue weighted by Gasteiger charge is 2.19. The molecule has 0 unspecified atom stereocenters. The molecule has 0 saturated carbocycles. The SMILES string of the molecule is CC/C=C1/CC(=O)C(C)=C1C. The standard InChI is InChI=1S/C10H14O/c1-4-5-9-6-10(11)8(3)7(9)2/h5H,4,6H2,1-3H3/b9-5-. The van der Waals surface area contributed by atoms with Crippen LogP contribution >= 0.6 is 0 Å². The first-order valence-electron chi connectivity index (χ1n) is 4.07. The van der Waals surface area contributed by atoms with Crippen molar-refractivity contribution in [2.45, 2.75) is 33.6 Å². The zero-order chi connectivity index (χ0) is 8.43. The minimum absolute atomic E-state index is 0.294. The second-order valence-electron chi connectivity index (χ2n) is 2.99. The second kappa shape index (κ2) is 3.04. The quantitative estimate of drug-likeness (QED) is 0.561. The number of carbonyl (C=O) groups is 1. The summed E-state index contributed by atoms with van der Waals surface area (Å²) in [5.74, 6) is 0.294. The maximum atomic E-state index is 11.2. The maximum Gasteiger partial charge on any atom is 0.163 e. The van der Waals surface area contributed by atoms with Gasteiger partial charge in [0.05, 0.1) is 0 Å². The van der Waals surface area contributed by atoms with Crippen molar-refractivity contribution in [1.82, 2.24) is 0 Å². The summed E-state index contributed by atoms with van der Waals surface area (Å²) in [7, 11) is 0. The molecule has 1 rings (SSSR count). The molecule has 1 aliphatic carbocycles. The van der Waals surface area contributed by atoms with E-state index in [0.29, 0.717) is 12.2 Å². The van der Waals surface area contributed by atoms with Gasteiger partial charge < -0.3 is 0 Å². The Morgan fingerprint density at radius 2 is 2.00 bits per heavy atom. The Morgan fingerprint density at radius 3 is 2.36 bits per heavy atom. The van der Waals surface area contributed by atoms with E-state index >= 15 is 0 Å². The molecule has 0 bridgehead atoms. The van der Waals surface area contributed by atoms with E-state index in [4.69, 9.17) is 0 Å². The van der Waals surface area contributed by atoms with Crippen molar-refractivity contribution >= 4 is 5.78 Å². The van der Waals surface area contributed by atoms with Gasteiger partial charge in [0.2, 0.25) is 0 Å². The fourth-order valence-electron chi connectivity index (χ4n) is 1.36. The van der Waals surface area contributed by atoms with Crippen molar-refractivity contribution in [3.8, 4) is 0 Å². The first-order chi connectivity index (χ1) is 5.16. The predicted molar refractivity (Wildman–Crippen MR) is 46.4 cm³/mol. The van der Waals surface area contributed by atoms with E-state index in [1.54, 1.807) is 0 Å². The molecular formula is C10H14O. The van der Waals surface area contributed by atoms with Crippen LogP contribution in [0.15, 0.2) is 22.8 Å². The molecule has 0 amide bonds. The van der Waals surface area contributed by atoms with Crippen molar-refractivity contribution < 1.29 is 4.79 Å². The lowest BCUT2D eigenvalue weighted by Crippen LogP contribution is -1.90. The number of carbonyl (C=O) groups excluding carboxylic acids is 1. The fraction of sp³-hybridized carbons (Fsp3) is 0.500. The van der Waals surface area contributed by atoms with E-state index in [2.05, 4.69) is 13.0 Å². The number of ketones is 1. The second-order valence-corrected chi connectivity index (χ2v) is 2.99. The number of hydrogen-bond donors (Lipinski definition) is 0. The van der Waals surface area contributed by atoms with Crippen LogP contribution in [0.1, 0.15) is 33.6 Å². The van der Waals surface area contributed by atoms with E-state index in [1.165, 1.54) is 11.1 Å². The van der Waals surface area contributed by atoms with Crippen molar-refractivity contribution in [2.75, 3.05) is 0 Å². The molecule has 0 aromatic rings. The maximum absolute atomic E-state index is 11.2. The third-order valence-electron chi connectivity index (χ3n) is 2.26. The molecule has 0 aromatic heterocycles. The van der Waals surface area contributed by atoms with Gasteiger partial charge in [0.1, 0.15) is 0 Å². The van der Waals surface area contributed by atoms with Gasteiger partial charge in [-0.1, -0.05) is 13.0 Å². The Hall–Kier alpha value is -0.850. The van der Waals surface area contributed by atoms with Crippen LogP contribution in [0, 0.1) is 0 Å². The molecule has 0 atom stereocenters. The summed E-state index contributed by atoms with van der Waals surface area (Å²) in [4.78, 5) is 11.2. The smallest absolute Gasteiger partial charge is 0.163 e. The summed E-state index contributed by atoms with van der Waals surface area (Å²) in [6.07, 6.45) is 3.79. The first kappa shape index (κ1) is 8.25. The molecule has 11 heavy (non-hydrogen) atoms. The van der Waals surface area contributed by atoms with Crippen LogP contribution < -0.4 is 0 Å². The molecule has 0 aliphatic heterocycles. The van der Waals surface area contributed by atoms with Crippen molar-refractivity contribution in [3.63, 3.8) is 0 Å². The van der Waals surface area contributed by atoms with Crippen molar-refractivity contribution in [3.05, 3.63) is 22.8 Å². The minimum Gasteiger partial charge on any atom is -0.294 e. The van der Waals surface area contributed by atoms with E-state index < -0.39 is 0 Å². The Balaban J connectivity index is 2.95. The van der Waals surface area contributed by atoms with Gasteiger partial charge >= 0.3 is 0 Å². The average molecular weight is 150 g/mol. The van der Waals surface area contributed by atoms with Gasteiger partial charge in [0, 0.05) is 6.42 Å². The summed E-state index contributed by atoms with van der Waals surface area (Å²) >= 11 is 0. The third-order valence-corrected chi connectivity index (χ3v) is 2.26. The van der Waals surface area contributed by atoms with E-state index in [0.717, 1.165) is 12.0 Å². The highest BCUT2D eigenvalue weighted by atomic mass is 16.1. The first-order valence-corrected chi connectivity index (χ1v) is 4.07. The Morgan fingerprint density at radius 1 is 1.36 bits per heavy atom. The molecular weight excluding hydrogens is 136 g/mol. The average Bonchev–Trinajstić information content (AvgIpc) is 2.19. The molecule has 0 heterocycles. The highest BCUT2D eigenvalue weighted by molar-refractivity contribution is 6.01. The Bertz CT molecular complexity index is 244. The van der Waals surface area contributed by atoms with Crippen LogP contribution in [0.4, 0.5) is 0 Å². The number of rotatable bonds is 1. The van der Waals surface area contributed by atoms with Gasteiger partial charge in [-0.2, -0.15) is 0 Å². The van der Waals surface area contributed by atoms with Crippen molar-refractivity contribution in [2.24, 2.45) is 0 Å². The molecule has 1 nitrogen and oxygen atoms in total. The Kier molecular flexibility index (Phi) is 2.28. The monoisotopic (exact) mass is 150 g/mol. The van der Waals surface area contributed by atoms with Gasteiger partial charge in [-0.25, -0.2) is 0 Å². The number of hydrogen-bond acceptors (Lipinski definition) is 1. The van der Waals surface area contributed by atoms with E-state index in [-0.39, 0.29) is 0 Å². The lowest BCUT2D eigenvalue weighted by atomic mass is 10.1. The predicted octanol–water partition coefficient (Wildman–Crippen LogP) is 2.63. The van der Waals surface area contributed by atoms with Crippen LogP contribution in [0.5, 0.6) is 0 Å². The van der Waals surface area contributed by atoms with Crippen LogP contribution in [0.2, 0.25) is 0 Å². The fourth-order valence-corrected chi connectivity index (χ4v) is 1.36. The van der Waals surface area contributed by atoms with Gasteiger partial charge in [-0.05, 0) is 37.0 Å². The summed E-state index contributed by atoms with van der Waals surface area (Å²) in [6.45, 7) is 6.04. The lowest BCUT2D eigenvalue weighted by molar-refractivity contribution is -0.114. The van der Waals surface area contributed by atoms with Gasteiger partial charge in [-0.3, -0.25) is 4.79 Å². The Labute approximate surface area is 67.8 Å². The van der Waals surface area contributed by atoms with Gasteiger partial charge in [-0.15, -0.1) is 0 Å². The van der Waals surface area contributed by atoms with Crippen LogP contribution in [-0.4, -0.2) is 5.78 Å². The van der Waals surface area contributed by atoms with E-state index in [1.807, 2.05) is 13.8 Å². The van der Waals surface area contributed by atoms with Gasteiger partial charge in [0.25, 0.3) is 0 Å². The third kappa shape index (κ3) is 1.42. The van der Waals surface area contributed by atoms with Crippen molar-refractivity contribution in [1.29, 1.82) is 0 Å². The molecule has 1 heteroatoms. The number of Topliss-reactive ketones (excluding diaryl/α,β-unsaturated/α-hetero) is 1. The number of allylic oxidation sites excluding steroid dienone is 4. The molecule has 0 aromatic carbocycles. The summed E-state index contributed by atoms with van der Waals surface area (Å²) in [5.41, 5.74) is 3.37. The van der Waals surface area contributed by atoms with Gasteiger partial charge in [0.15, 0.2) is 5.78 Å². The van der Waals surface area contributed by atoms with E-state index in [9.17, 15) is 4.79 Å².